The fourth-order valence-electron chi connectivity index (χ4n) is 1.39. The van der Waals surface area contributed by atoms with Crippen LogP contribution in [0.2, 0.25) is 5.02 Å². The minimum absolute atomic E-state index is 0.145. The molecule has 0 aliphatic carbocycles. The molecule has 0 fully saturated rings. The molecule has 1 N–H and O–H groups in total. The van der Waals surface area contributed by atoms with Gasteiger partial charge in [0.25, 0.3) is 5.91 Å². The Morgan fingerprint density at radius 3 is 2.83 bits per heavy atom. The molecule has 0 radical (unpaired) electrons. The molecule has 2 aromatic rings. The molecule has 0 aliphatic rings. The first-order valence-corrected chi connectivity index (χ1v) is 5.53. The molecule has 0 unspecified atom stereocenters. The van der Waals surface area contributed by atoms with Crippen molar-refractivity contribution in [1.29, 1.82) is 0 Å². The number of amides is 1. The predicted octanol–water partition coefficient (Wildman–Crippen LogP) is 1.69. The van der Waals surface area contributed by atoms with Gasteiger partial charge in [-0.2, -0.15) is 0 Å². The number of anilines is 1. The lowest BCUT2D eigenvalue weighted by atomic mass is 10.3. The van der Waals surface area contributed by atoms with E-state index in [0.717, 1.165) is 0 Å². The number of rotatable bonds is 2. The molecule has 0 saturated carbocycles. The summed E-state index contributed by atoms with van der Waals surface area (Å²) in [4.78, 5) is 26.9. The molecule has 2 rings (SSSR count). The molecule has 0 atom stereocenters. The van der Waals surface area contributed by atoms with Gasteiger partial charge in [-0.1, -0.05) is 11.6 Å². The normalized spacial score (nSPS) is 10.1. The molecule has 0 bridgehead atoms. The lowest BCUT2D eigenvalue weighted by molar-refractivity contribution is 0.102. The van der Waals surface area contributed by atoms with E-state index in [0.29, 0.717) is 10.7 Å². The van der Waals surface area contributed by atoms with Gasteiger partial charge in [0.05, 0.1) is 5.69 Å². The highest BCUT2D eigenvalue weighted by Gasteiger charge is 2.08. The van der Waals surface area contributed by atoms with Crippen LogP contribution in [-0.2, 0) is 7.05 Å². The van der Waals surface area contributed by atoms with E-state index in [1.807, 2.05) is 0 Å². The summed E-state index contributed by atoms with van der Waals surface area (Å²) in [5, 5.41) is 3.07. The SMILES string of the molecule is Cn1cc(NC(=O)c2cc(Cl)ccn2)ccc1=O. The monoisotopic (exact) mass is 263 g/mol. The van der Waals surface area contributed by atoms with Gasteiger partial charge >= 0.3 is 0 Å². The summed E-state index contributed by atoms with van der Waals surface area (Å²) in [6.07, 6.45) is 2.99. The average Bonchev–Trinajstić information content (AvgIpc) is 2.34. The van der Waals surface area contributed by atoms with Crippen LogP contribution in [0.25, 0.3) is 0 Å². The van der Waals surface area contributed by atoms with E-state index in [9.17, 15) is 9.59 Å². The third-order valence-electron chi connectivity index (χ3n) is 2.30. The number of carbonyl (C=O) groups excluding carboxylic acids is 1. The standard InChI is InChI=1S/C12H10ClN3O2/c1-16-7-9(2-3-11(16)17)15-12(18)10-6-8(13)4-5-14-10/h2-7H,1H3,(H,15,18). The summed E-state index contributed by atoms with van der Waals surface area (Å²) < 4.78 is 1.38. The number of carbonyl (C=O) groups is 1. The fraction of sp³-hybridized carbons (Fsp3) is 0.0833. The predicted molar refractivity (Wildman–Crippen MR) is 68.9 cm³/mol. The van der Waals surface area contributed by atoms with Crippen LogP contribution in [-0.4, -0.2) is 15.5 Å². The van der Waals surface area contributed by atoms with Gasteiger partial charge in [0.2, 0.25) is 5.56 Å². The largest absolute Gasteiger partial charge is 0.319 e. The maximum atomic E-state index is 11.8. The van der Waals surface area contributed by atoms with Crippen LogP contribution in [0.1, 0.15) is 10.5 Å². The molecular formula is C12H10ClN3O2. The van der Waals surface area contributed by atoms with Crippen LogP contribution >= 0.6 is 11.6 Å². The summed E-state index contributed by atoms with van der Waals surface area (Å²) in [6.45, 7) is 0. The zero-order chi connectivity index (χ0) is 13.1. The van der Waals surface area contributed by atoms with E-state index in [4.69, 9.17) is 11.6 Å². The van der Waals surface area contributed by atoms with Crippen molar-refractivity contribution in [3.05, 3.63) is 57.7 Å². The molecule has 2 heterocycles. The van der Waals surface area contributed by atoms with E-state index < -0.39 is 0 Å². The first-order valence-electron chi connectivity index (χ1n) is 5.16. The first kappa shape index (κ1) is 12.3. The molecule has 6 heteroatoms. The number of nitrogens with one attached hydrogen (secondary N) is 1. The summed E-state index contributed by atoms with van der Waals surface area (Å²) >= 11 is 5.77. The van der Waals surface area contributed by atoms with Crippen molar-refractivity contribution >= 4 is 23.2 Å². The third-order valence-corrected chi connectivity index (χ3v) is 2.53. The van der Waals surface area contributed by atoms with E-state index in [1.54, 1.807) is 13.1 Å². The second kappa shape index (κ2) is 5.01. The highest BCUT2D eigenvalue weighted by atomic mass is 35.5. The van der Waals surface area contributed by atoms with Crippen molar-refractivity contribution in [2.45, 2.75) is 0 Å². The van der Waals surface area contributed by atoms with Crippen LogP contribution in [0.3, 0.4) is 0 Å². The zero-order valence-electron chi connectivity index (χ0n) is 9.55. The minimum Gasteiger partial charge on any atom is -0.319 e. The smallest absolute Gasteiger partial charge is 0.274 e. The van der Waals surface area contributed by atoms with Gasteiger partial charge in [0.1, 0.15) is 5.69 Å². The van der Waals surface area contributed by atoms with Crippen LogP contribution < -0.4 is 10.9 Å². The number of hydrogen-bond donors (Lipinski definition) is 1. The van der Waals surface area contributed by atoms with Crippen LogP contribution in [0.15, 0.2) is 41.5 Å². The maximum Gasteiger partial charge on any atom is 0.274 e. The quantitative estimate of drug-likeness (QED) is 0.897. The molecule has 2 aromatic heterocycles. The zero-order valence-corrected chi connectivity index (χ0v) is 10.3. The maximum absolute atomic E-state index is 11.8. The molecule has 18 heavy (non-hydrogen) atoms. The number of pyridine rings is 2. The van der Waals surface area contributed by atoms with E-state index in [-0.39, 0.29) is 17.2 Å². The number of aryl methyl sites for hydroxylation is 1. The highest BCUT2D eigenvalue weighted by Crippen LogP contribution is 2.10. The molecule has 1 amide bonds. The van der Waals surface area contributed by atoms with Crippen molar-refractivity contribution in [2.24, 2.45) is 7.05 Å². The Kier molecular flexibility index (Phi) is 3.43. The average molecular weight is 264 g/mol. The Labute approximate surface area is 108 Å². The van der Waals surface area contributed by atoms with Gasteiger partial charge in [-0.15, -0.1) is 0 Å². The number of hydrogen-bond acceptors (Lipinski definition) is 3. The van der Waals surface area contributed by atoms with Crippen molar-refractivity contribution in [3.63, 3.8) is 0 Å². The molecular weight excluding hydrogens is 254 g/mol. The van der Waals surface area contributed by atoms with Crippen molar-refractivity contribution in [1.82, 2.24) is 9.55 Å². The topological polar surface area (TPSA) is 64.0 Å². The number of nitrogens with zero attached hydrogens (tertiary/aromatic N) is 2. The van der Waals surface area contributed by atoms with E-state index in [1.165, 1.54) is 35.2 Å². The minimum atomic E-state index is -0.379. The van der Waals surface area contributed by atoms with Gasteiger partial charge in [-0.05, 0) is 18.2 Å². The summed E-state index contributed by atoms with van der Waals surface area (Å²) in [6, 6.07) is 5.97. The summed E-state index contributed by atoms with van der Waals surface area (Å²) in [5.74, 6) is -0.379. The highest BCUT2D eigenvalue weighted by molar-refractivity contribution is 6.30. The van der Waals surface area contributed by atoms with Crippen molar-refractivity contribution < 1.29 is 4.79 Å². The number of halogens is 1. The van der Waals surface area contributed by atoms with Gasteiger partial charge < -0.3 is 9.88 Å². The third kappa shape index (κ3) is 2.75. The van der Waals surface area contributed by atoms with E-state index >= 15 is 0 Å². The lowest BCUT2D eigenvalue weighted by Crippen LogP contribution is -2.18. The van der Waals surface area contributed by atoms with Crippen LogP contribution in [0.4, 0.5) is 5.69 Å². The van der Waals surface area contributed by atoms with Crippen molar-refractivity contribution in [2.75, 3.05) is 5.32 Å². The van der Waals surface area contributed by atoms with Crippen molar-refractivity contribution in [3.8, 4) is 0 Å². The molecule has 0 aliphatic heterocycles. The Bertz CT molecular complexity index is 652. The number of aromatic nitrogens is 2. The Morgan fingerprint density at radius 1 is 1.39 bits per heavy atom. The van der Waals surface area contributed by atoms with Gasteiger partial charge in [-0.25, -0.2) is 0 Å². The fourth-order valence-corrected chi connectivity index (χ4v) is 1.55. The van der Waals surface area contributed by atoms with E-state index in [2.05, 4.69) is 10.3 Å². The summed E-state index contributed by atoms with van der Waals surface area (Å²) in [7, 11) is 1.61. The second-order valence-corrected chi connectivity index (χ2v) is 4.12. The lowest BCUT2D eigenvalue weighted by Gasteiger charge is -2.06. The van der Waals surface area contributed by atoms with Crippen LogP contribution in [0, 0.1) is 0 Å². The molecule has 92 valence electrons. The Balaban J connectivity index is 2.21. The second-order valence-electron chi connectivity index (χ2n) is 3.68. The van der Waals surface area contributed by atoms with Crippen LogP contribution in [0.5, 0.6) is 0 Å². The Morgan fingerprint density at radius 2 is 2.17 bits per heavy atom. The molecule has 0 saturated heterocycles. The first-order chi connectivity index (χ1) is 8.56. The van der Waals surface area contributed by atoms with Gasteiger partial charge in [-0.3, -0.25) is 14.6 Å². The Hall–Kier alpha value is -2.14. The molecule has 5 nitrogen and oxygen atoms in total. The summed E-state index contributed by atoms with van der Waals surface area (Å²) in [5.41, 5.74) is 0.592. The molecule has 0 aromatic carbocycles. The van der Waals surface area contributed by atoms with Gasteiger partial charge in [0, 0.05) is 30.5 Å². The molecule has 0 spiro atoms. The van der Waals surface area contributed by atoms with Gasteiger partial charge in [0.15, 0.2) is 0 Å².